The van der Waals surface area contributed by atoms with Crippen molar-refractivity contribution in [3.8, 4) is 0 Å². The van der Waals surface area contributed by atoms with E-state index in [1.807, 2.05) is 6.92 Å². The molecule has 0 radical (unpaired) electrons. The number of rotatable bonds is 6. The Hall–Kier alpha value is -1.01. The van der Waals surface area contributed by atoms with Crippen molar-refractivity contribution >= 4 is 64.2 Å². The maximum atomic E-state index is 12.8. The van der Waals surface area contributed by atoms with Gasteiger partial charge in [0.25, 0.3) is 11.8 Å². The van der Waals surface area contributed by atoms with Gasteiger partial charge in [-0.2, -0.15) is 0 Å². The second-order valence-electron chi connectivity index (χ2n) is 5.40. The molecule has 0 N–H and O–H groups in total. The Morgan fingerprint density at radius 1 is 0.960 bits per heavy atom. The summed E-state index contributed by atoms with van der Waals surface area (Å²) in [5.74, 6) is -2.13. The lowest BCUT2D eigenvalue weighted by molar-refractivity contribution is -0.148. The third-order valence-electron chi connectivity index (χ3n) is 3.83. The molecule has 0 spiro atoms. The number of benzene rings is 1. The van der Waals surface area contributed by atoms with Crippen LogP contribution in [0.2, 0.25) is 20.1 Å². The molecule has 0 aliphatic carbocycles. The second kappa shape index (κ2) is 8.12. The summed E-state index contributed by atoms with van der Waals surface area (Å²) in [6, 6.07) is -1.06. The lowest BCUT2D eigenvalue weighted by Gasteiger charge is -2.24. The summed E-state index contributed by atoms with van der Waals surface area (Å²) >= 11 is 24.2. The van der Waals surface area contributed by atoms with Crippen LogP contribution in [0, 0.1) is 0 Å². The standard InChI is InChI=1S/C16H15Cl4NO4/c1-3-5-6-7(16(24)25-4-2)21-14(22)8-9(15(21)23)11(18)13(20)12(19)10(8)17/h7H,3-6H2,1-2H3/t7-/m0/s1. The Labute approximate surface area is 165 Å². The van der Waals surface area contributed by atoms with Gasteiger partial charge in [0.15, 0.2) is 0 Å². The topological polar surface area (TPSA) is 63.7 Å². The highest BCUT2D eigenvalue weighted by molar-refractivity contribution is 6.55. The van der Waals surface area contributed by atoms with Crippen LogP contribution in [0.1, 0.15) is 53.8 Å². The lowest BCUT2D eigenvalue weighted by atomic mass is 10.1. The molecule has 5 nitrogen and oxygen atoms in total. The molecule has 1 aliphatic heterocycles. The van der Waals surface area contributed by atoms with Crippen molar-refractivity contribution in [3.63, 3.8) is 0 Å². The Balaban J connectivity index is 2.55. The molecule has 0 fully saturated rings. The third-order valence-corrected chi connectivity index (χ3v) is 5.64. The molecule has 25 heavy (non-hydrogen) atoms. The monoisotopic (exact) mass is 425 g/mol. The summed E-state index contributed by atoms with van der Waals surface area (Å²) in [5.41, 5.74) is -0.284. The number of hydrogen-bond acceptors (Lipinski definition) is 4. The van der Waals surface area contributed by atoms with Crippen LogP contribution >= 0.6 is 46.4 Å². The lowest BCUT2D eigenvalue weighted by Crippen LogP contribution is -2.45. The largest absolute Gasteiger partial charge is 0.464 e. The van der Waals surface area contributed by atoms with Crippen LogP contribution in [0.25, 0.3) is 0 Å². The van der Waals surface area contributed by atoms with Crippen molar-refractivity contribution < 1.29 is 19.1 Å². The predicted molar refractivity (Wildman–Crippen MR) is 96.9 cm³/mol. The molecule has 1 aromatic carbocycles. The van der Waals surface area contributed by atoms with Gasteiger partial charge in [0.05, 0.1) is 37.8 Å². The normalized spacial score (nSPS) is 14.7. The molecule has 136 valence electrons. The first-order valence-corrected chi connectivity index (χ1v) is 9.19. The molecule has 2 amide bonds. The van der Waals surface area contributed by atoms with E-state index in [2.05, 4.69) is 0 Å². The molecular weight excluding hydrogens is 412 g/mol. The molecule has 1 atom stereocenters. The first-order valence-electron chi connectivity index (χ1n) is 7.68. The van der Waals surface area contributed by atoms with Crippen molar-refractivity contribution in [3.05, 3.63) is 31.2 Å². The van der Waals surface area contributed by atoms with Gasteiger partial charge in [0, 0.05) is 0 Å². The maximum absolute atomic E-state index is 12.8. The number of amides is 2. The molecule has 0 saturated carbocycles. The Morgan fingerprint density at radius 2 is 1.44 bits per heavy atom. The quantitative estimate of drug-likeness (QED) is 0.277. The molecule has 2 rings (SSSR count). The number of nitrogens with zero attached hydrogens (tertiary/aromatic N) is 1. The number of hydrogen-bond donors (Lipinski definition) is 0. The van der Waals surface area contributed by atoms with E-state index < -0.39 is 23.8 Å². The molecule has 0 unspecified atom stereocenters. The Bertz CT molecular complexity index is 703. The number of carbonyl (C=O) groups is 3. The van der Waals surface area contributed by atoms with E-state index in [0.717, 1.165) is 11.3 Å². The van der Waals surface area contributed by atoms with Gasteiger partial charge in [0.1, 0.15) is 6.04 Å². The van der Waals surface area contributed by atoms with E-state index >= 15 is 0 Å². The van der Waals surface area contributed by atoms with Crippen LogP contribution in [-0.4, -0.2) is 35.3 Å². The van der Waals surface area contributed by atoms with Crippen molar-refractivity contribution in [2.45, 2.75) is 39.2 Å². The zero-order valence-corrected chi connectivity index (χ0v) is 16.5. The van der Waals surface area contributed by atoms with E-state index in [0.29, 0.717) is 6.42 Å². The molecule has 0 saturated heterocycles. The van der Waals surface area contributed by atoms with E-state index in [-0.39, 0.29) is 44.2 Å². The summed E-state index contributed by atoms with van der Waals surface area (Å²) in [6.45, 7) is 3.70. The van der Waals surface area contributed by atoms with Crippen molar-refractivity contribution in [1.29, 1.82) is 0 Å². The number of unbranched alkanes of at least 4 members (excludes halogenated alkanes) is 1. The van der Waals surface area contributed by atoms with Gasteiger partial charge >= 0.3 is 5.97 Å². The Kier molecular flexibility index (Phi) is 6.60. The average molecular weight is 427 g/mol. The predicted octanol–water partition coefficient (Wildman–Crippen LogP) is 5.02. The molecule has 0 aromatic heterocycles. The van der Waals surface area contributed by atoms with Gasteiger partial charge in [-0.1, -0.05) is 66.2 Å². The molecule has 9 heteroatoms. The minimum Gasteiger partial charge on any atom is -0.464 e. The van der Waals surface area contributed by atoms with Crippen molar-refractivity contribution in [1.82, 2.24) is 4.90 Å². The van der Waals surface area contributed by atoms with Gasteiger partial charge in [-0.25, -0.2) is 4.79 Å². The minimum absolute atomic E-state index is 0.115. The fourth-order valence-electron chi connectivity index (χ4n) is 2.64. The van der Waals surface area contributed by atoms with Gasteiger partial charge in [-0.05, 0) is 13.3 Å². The molecule has 1 heterocycles. The Morgan fingerprint density at radius 3 is 1.84 bits per heavy atom. The van der Waals surface area contributed by atoms with E-state index in [1.165, 1.54) is 0 Å². The van der Waals surface area contributed by atoms with Gasteiger partial charge < -0.3 is 4.74 Å². The van der Waals surface area contributed by atoms with Gasteiger partial charge in [-0.3, -0.25) is 14.5 Å². The van der Waals surface area contributed by atoms with Crippen LogP contribution in [-0.2, 0) is 9.53 Å². The van der Waals surface area contributed by atoms with Crippen LogP contribution in [0.3, 0.4) is 0 Å². The van der Waals surface area contributed by atoms with Crippen LogP contribution in [0.15, 0.2) is 0 Å². The highest BCUT2D eigenvalue weighted by atomic mass is 35.5. The third kappa shape index (κ3) is 3.47. The zero-order chi connectivity index (χ0) is 18.9. The second-order valence-corrected chi connectivity index (χ2v) is 6.91. The van der Waals surface area contributed by atoms with Gasteiger partial charge in [0.2, 0.25) is 0 Å². The molecule has 1 aromatic rings. The first-order chi connectivity index (χ1) is 11.8. The van der Waals surface area contributed by atoms with Gasteiger partial charge in [-0.15, -0.1) is 0 Å². The number of carbonyl (C=O) groups excluding carboxylic acids is 3. The molecule has 0 bridgehead atoms. The highest BCUT2D eigenvalue weighted by Crippen LogP contribution is 2.45. The fraction of sp³-hybridized carbons (Fsp3) is 0.438. The zero-order valence-electron chi connectivity index (χ0n) is 13.5. The number of imide groups is 1. The maximum Gasteiger partial charge on any atom is 0.329 e. The smallest absolute Gasteiger partial charge is 0.329 e. The highest BCUT2D eigenvalue weighted by Gasteiger charge is 2.46. The summed E-state index contributed by atoms with van der Waals surface area (Å²) in [4.78, 5) is 38.8. The summed E-state index contributed by atoms with van der Waals surface area (Å²) in [5, 5.41) is -0.553. The van der Waals surface area contributed by atoms with E-state index in [4.69, 9.17) is 51.1 Å². The van der Waals surface area contributed by atoms with E-state index in [1.54, 1.807) is 6.92 Å². The van der Waals surface area contributed by atoms with Crippen molar-refractivity contribution in [2.24, 2.45) is 0 Å². The fourth-order valence-corrected chi connectivity index (χ4v) is 3.65. The number of halogens is 4. The molecule has 1 aliphatic rings. The summed E-state index contributed by atoms with van der Waals surface area (Å²) in [6.07, 6.45) is 1.68. The number of esters is 1. The molecular formula is C16H15Cl4NO4. The van der Waals surface area contributed by atoms with Crippen LogP contribution in [0.4, 0.5) is 0 Å². The summed E-state index contributed by atoms with van der Waals surface area (Å²) in [7, 11) is 0. The average Bonchev–Trinajstić information content (AvgIpc) is 2.83. The minimum atomic E-state index is -1.06. The number of fused-ring (bicyclic) bond motifs is 1. The van der Waals surface area contributed by atoms with Crippen molar-refractivity contribution in [2.75, 3.05) is 6.61 Å². The van der Waals surface area contributed by atoms with E-state index in [9.17, 15) is 14.4 Å². The summed E-state index contributed by atoms with van der Waals surface area (Å²) < 4.78 is 5.01. The number of ether oxygens (including phenoxy) is 1. The first kappa shape index (κ1) is 20.3. The van der Waals surface area contributed by atoms with Crippen LogP contribution < -0.4 is 0 Å². The SMILES string of the molecule is CCCC[C@@H](C(=O)OCC)N1C(=O)c2c(Cl)c(Cl)c(Cl)c(Cl)c2C1=O. The van der Waals surface area contributed by atoms with Crippen LogP contribution in [0.5, 0.6) is 0 Å².